The standard InChI is InChI=1S/C18H27N3O3S/c1-14-6-3-4-12-20(14)13-5-11-19-18(22)15(2)25-17-9-7-16(8-10-17)21(23)24/h7-10,14-15H,3-6,11-13H2,1-2H3,(H,19,22)/p+1/t14-,15+/m0/s1. The maximum atomic E-state index is 12.2. The van der Waals surface area contributed by atoms with Crippen molar-refractivity contribution in [2.45, 2.75) is 55.7 Å². The van der Waals surface area contributed by atoms with E-state index in [4.69, 9.17) is 0 Å². The van der Waals surface area contributed by atoms with Gasteiger partial charge in [-0.1, -0.05) is 0 Å². The predicted octanol–water partition coefficient (Wildman–Crippen LogP) is 2.04. The first-order valence-corrected chi connectivity index (χ1v) is 9.88. The Kier molecular flexibility index (Phi) is 7.71. The molecule has 0 spiro atoms. The minimum Gasteiger partial charge on any atom is -0.355 e. The van der Waals surface area contributed by atoms with Gasteiger partial charge in [-0.2, -0.15) is 0 Å². The van der Waals surface area contributed by atoms with Gasteiger partial charge in [-0.05, 0) is 45.2 Å². The third-order valence-corrected chi connectivity index (χ3v) is 5.90. The fraction of sp³-hybridized carbons (Fsp3) is 0.611. The van der Waals surface area contributed by atoms with Crippen LogP contribution in [0.3, 0.4) is 0 Å². The average Bonchev–Trinajstić information content (AvgIpc) is 2.60. The molecule has 1 amide bonds. The molecule has 25 heavy (non-hydrogen) atoms. The van der Waals surface area contributed by atoms with Crippen molar-refractivity contribution in [2.24, 2.45) is 0 Å². The Morgan fingerprint density at radius 3 is 2.76 bits per heavy atom. The minimum absolute atomic E-state index is 0.0186. The molecule has 2 N–H and O–H groups in total. The monoisotopic (exact) mass is 366 g/mol. The van der Waals surface area contributed by atoms with E-state index in [1.807, 2.05) is 6.92 Å². The predicted molar refractivity (Wildman–Crippen MR) is 100 cm³/mol. The summed E-state index contributed by atoms with van der Waals surface area (Å²) < 4.78 is 0. The van der Waals surface area contributed by atoms with Crippen LogP contribution in [0.15, 0.2) is 29.2 Å². The number of nitrogens with one attached hydrogen (secondary N) is 2. The normalized spacial score (nSPS) is 21.5. The number of amides is 1. The van der Waals surface area contributed by atoms with E-state index in [1.54, 1.807) is 17.0 Å². The molecule has 1 heterocycles. The molecule has 138 valence electrons. The van der Waals surface area contributed by atoms with Gasteiger partial charge in [0.15, 0.2) is 0 Å². The smallest absolute Gasteiger partial charge is 0.269 e. The van der Waals surface area contributed by atoms with Crippen molar-refractivity contribution >= 4 is 23.4 Å². The lowest BCUT2D eigenvalue weighted by atomic mass is 10.0. The van der Waals surface area contributed by atoms with Gasteiger partial charge in [0, 0.05) is 30.0 Å². The van der Waals surface area contributed by atoms with Crippen LogP contribution < -0.4 is 10.2 Å². The van der Waals surface area contributed by atoms with E-state index in [-0.39, 0.29) is 16.8 Å². The molecule has 1 unspecified atom stereocenters. The summed E-state index contributed by atoms with van der Waals surface area (Å²) in [6.45, 7) is 7.25. The topological polar surface area (TPSA) is 76.7 Å². The number of likely N-dealkylation sites (tertiary alicyclic amines) is 1. The van der Waals surface area contributed by atoms with E-state index in [1.165, 1.54) is 49.7 Å². The van der Waals surface area contributed by atoms with E-state index < -0.39 is 4.92 Å². The van der Waals surface area contributed by atoms with Gasteiger partial charge in [-0.15, -0.1) is 11.8 Å². The molecule has 0 aromatic heterocycles. The summed E-state index contributed by atoms with van der Waals surface area (Å²) in [6.07, 6.45) is 4.97. The summed E-state index contributed by atoms with van der Waals surface area (Å²) in [5.41, 5.74) is 0.0656. The number of carbonyl (C=O) groups is 1. The zero-order valence-corrected chi connectivity index (χ0v) is 15.8. The second-order valence-electron chi connectivity index (χ2n) is 6.71. The molecule has 0 bridgehead atoms. The number of nitro benzene ring substituents is 1. The first-order chi connectivity index (χ1) is 12.0. The molecule has 6 nitrogen and oxygen atoms in total. The Bertz CT molecular complexity index is 579. The number of carbonyl (C=O) groups excluding carboxylic acids is 1. The minimum atomic E-state index is -0.421. The Labute approximate surface area is 153 Å². The molecule has 3 atom stereocenters. The van der Waals surface area contributed by atoms with Crippen molar-refractivity contribution < 1.29 is 14.6 Å². The van der Waals surface area contributed by atoms with E-state index in [9.17, 15) is 14.9 Å². The molecule has 0 aliphatic carbocycles. The van der Waals surface area contributed by atoms with Crippen molar-refractivity contribution in [3.63, 3.8) is 0 Å². The first-order valence-electron chi connectivity index (χ1n) is 9.01. The zero-order chi connectivity index (χ0) is 18.2. The summed E-state index contributed by atoms with van der Waals surface area (Å²) in [5, 5.41) is 13.4. The van der Waals surface area contributed by atoms with Gasteiger partial charge in [-0.25, -0.2) is 0 Å². The van der Waals surface area contributed by atoms with Crippen molar-refractivity contribution in [3.8, 4) is 0 Å². The van der Waals surface area contributed by atoms with E-state index in [2.05, 4.69) is 12.2 Å². The lowest BCUT2D eigenvalue weighted by Crippen LogP contribution is -3.16. The van der Waals surface area contributed by atoms with Crippen LogP contribution in [0.1, 0.15) is 39.5 Å². The van der Waals surface area contributed by atoms with Gasteiger partial charge >= 0.3 is 0 Å². The maximum Gasteiger partial charge on any atom is 0.269 e. The fourth-order valence-electron chi connectivity index (χ4n) is 3.20. The lowest BCUT2D eigenvalue weighted by Gasteiger charge is -2.30. The van der Waals surface area contributed by atoms with Gasteiger partial charge in [0.25, 0.3) is 5.69 Å². The third kappa shape index (κ3) is 6.32. The summed E-state index contributed by atoms with van der Waals surface area (Å²) in [7, 11) is 0. The Morgan fingerprint density at radius 2 is 2.12 bits per heavy atom. The summed E-state index contributed by atoms with van der Waals surface area (Å²) in [5.74, 6) is 0.0186. The number of thioether (sulfide) groups is 1. The number of nitro groups is 1. The molecule has 0 radical (unpaired) electrons. The Morgan fingerprint density at radius 1 is 1.40 bits per heavy atom. The van der Waals surface area contributed by atoms with Crippen molar-refractivity contribution in [3.05, 3.63) is 34.4 Å². The van der Waals surface area contributed by atoms with Gasteiger partial charge in [-0.3, -0.25) is 14.9 Å². The van der Waals surface area contributed by atoms with E-state index in [0.29, 0.717) is 6.54 Å². The van der Waals surface area contributed by atoms with Crippen LogP contribution in [0.5, 0.6) is 0 Å². The van der Waals surface area contributed by atoms with Gasteiger partial charge in [0.1, 0.15) is 0 Å². The van der Waals surface area contributed by atoms with Crippen LogP contribution in [0.4, 0.5) is 5.69 Å². The molecule has 1 aliphatic heterocycles. The molecule has 1 aromatic rings. The lowest BCUT2D eigenvalue weighted by molar-refractivity contribution is -0.928. The number of rotatable bonds is 8. The maximum absolute atomic E-state index is 12.2. The number of hydrogen-bond donors (Lipinski definition) is 2. The van der Waals surface area contributed by atoms with E-state index >= 15 is 0 Å². The van der Waals surface area contributed by atoms with Crippen LogP contribution in [0, 0.1) is 10.1 Å². The number of piperidine rings is 1. The zero-order valence-electron chi connectivity index (χ0n) is 15.0. The molecule has 2 rings (SSSR count). The second kappa shape index (κ2) is 9.77. The van der Waals surface area contributed by atoms with Crippen LogP contribution >= 0.6 is 11.8 Å². The number of quaternary nitrogens is 1. The highest BCUT2D eigenvalue weighted by molar-refractivity contribution is 8.00. The number of non-ortho nitro benzene ring substituents is 1. The number of hydrogen-bond acceptors (Lipinski definition) is 4. The molecule has 1 aromatic carbocycles. The van der Waals surface area contributed by atoms with E-state index in [0.717, 1.165) is 23.9 Å². The van der Waals surface area contributed by atoms with Crippen LogP contribution in [0.2, 0.25) is 0 Å². The molecule has 1 aliphatic rings. The van der Waals surface area contributed by atoms with Crippen molar-refractivity contribution in [2.75, 3.05) is 19.6 Å². The van der Waals surface area contributed by atoms with Crippen LogP contribution in [-0.2, 0) is 4.79 Å². The number of benzene rings is 1. The van der Waals surface area contributed by atoms with Gasteiger partial charge < -0.3 is 10.2 Å². The number of nitrogens with zero attached hydrogens (tertiary/aromatic N) is 1. The van der Waals surface area contributed by atoms with Gasteiger partial charge in [0.2, 0.25) is 5.91 Å². The summed E-state index contributed by atoms with van der Waals surface area (Å²) in [6, 6.07) is 7.05. The highest BCUT2D eigenvalue weighted by Crippen LogP contribution is 2.25. The molecule has 1 saturated heterocycles. The SMILES string of the molecule is C[C@@H](Sc1ccc([N+](=O)[O-])cc1)C(=O)NCCC[NH+]1CCCC[C@@H]1C. The Balaban J connectivity index is 1.68. The third-order valence-electron chi connectivity index (χ3n) is 4.79. The molecular formula is C18H28N3O3S+. The molecule has 1 fully saturated rings. The molecular weight excluding hydrogens is 338 g/mol. The molecule has 7 heteroatoms. The molecule has 0 saturated carbocycles. The Hall–Kier alpha value is -1.60. The largest absolute Gasteiger partial charge is 0.355 e. The second-order valence-corrected chi connectivity index (χ2v) is 8.12. The fourth-order valence-corrected chi connectivity index (χ4v) is 4.09. The summed E-state index contributed by atoms with van der Waals surface area (Å²) in [4.78, 5) is 24.9. The highest BCUT2D eigenvalue weighted by Gasteiger charge is 2.21. The highest BCUT2D eigenvalue weighted by atomic mass is 32.2. The van der Waals surface area contributed by atoms with Gasteiger partial charge in [0.05, 0.1) is 29.3 Å². The quantitative estimate of drug-likeness (QED) is 0.319. The average molecular weight is 367 g/mol. The summed E-state index contributed by atoms with van der Waals surface area (Å²) >= 11 is 1.42. The van der Waals surface area contributed by atoms with Crippen molar-refractivity contribution in [1.29, 1.82) is 0 Å². The first kappa shape index (κ1) is 19.7. The van der Waals surface area contributed by atoms with Crippen LogP contribution in [-0.4, -0.2) is 41.8 Å². The van der Waals surface area contributed by atoms with Crippen molar-refractivity contribution in [1.82, 2.24) is 5.32 Å². The van der Waals surface area contributed by atoms with Crippen LogP contribution in [0.25, 0.3) is 0 Å².